The zero-order valence-electron chi connectivity index (χ0n) is 12.6. The van der Waals surface area contributed by atoms with E-state index in [-0.39, 0.29) is 12.6 Å². The van der Waals surface area contributed by atoms with Crippen LogP contribution >= 0.6 is 0 Å². The summed E-state index contributed by atoms with van der Waals surface area (Å²) in [5, 5.41) is 14.6. The predicted octanol–water partition coefficient (Wildman–Crippen LogP) is 3.03. The number of carbonyl (C=O) groups is 1. The fourth-order valence-electron chi connectivity index (χ4n) is 2.58. The molecule has 2 aliphatic heterocycles. The molecule has 0 fully saturated rings. The van der Waals surface area contributed by atoms with Gasteiger partial charge in [-0.15, -0.1) is 0 Å². The fourth-order valence-corrected chi connectivity index (χ4v) is 2.58. The Kier molecular flexibility index (Phi) is 2.99. The molecule has 2 aliphatic rings. The summed E-state index contributed by atoms with van der Waals surface area (Å²) in [7, 11) is 0. The number of benzene rings is 2. The molecule has 0 aromatic heterocycles. The highest BCUT2D eigenvalue weighted by molar-refractivity contribution is 6.00. The standard InChI is InChI=1S/C17H16N4O2/c1-11-4-2-3-5-14(11)19-17(23)18-12-6-8-13(9-7-12)20-16-15(10-22)21(16)20/h2-9,22H,10H2,1H3,(H2,18,19,23). The monoisotopic (exact) mass is 308 g/mol. The van der Waals surface area contributed by atoms with Crippen molar-refractivity contribution in [2.24, 2.45) is 0 Å². The number of fused-ring (bicyclic) bond motifs is 1. The van der Waals surface area contributed by atoms with Gasteiger partial charge in [-0.3, -0.25) is 0 Å². The molecule has 2 heterocycles. The maximum atomic E-state index is 12.0. The quantitative estimate of drug-likeness (QED) is 0.542. The Morgan fingerprint density at radius 2 is 1.74 bits per heavy atom. The summed E-state index contributed by atoms with van der Waals surface area (Å²) in [6, 6.07) is 14.9. The van der Waals surface area contributed by atoms with E-state index in [1.165, 1.54) is 0 Å². The number of nitrogens with zero attached hydrogens (tertiary/aromatic N) is 2. The van der Waals surface area contributed by atoms with Crippen molar-refractivity contribution in [1.29, 1.82) is 0 Å². The number of aliphatic hydroxyl groups excluding tert-OH is 1. The smallest absolute Gasteiger partial charge is 0.323 e. The third-order valence-electron chi connectivity index (χ3n) is 3.94. The lowest BCUT2D eigenvalue weighted by Gasteiger charge is -2.10. The first-order valence-electron chi connectivity index (χ1n) is 7.37. The van der Waals surface area contributed by atoms with Gasteiger partial charge in [0.25, 0.3) is 0 Å². The van der Waals surface area contributed by atoms with Crippen molar-refractivity contribution < 1.29 is 9.90 Å². The van der Waals surface area contributed by atoms with Gasteiger partial charge in [0.05, 0.1) is 12.3 Å². The van der Waals surface area contributed by atoms with Crippen LogP contribution in [-0.2, 0) is 6.61 Å². The number of aliphatic hydroxyl groups is 1. The number of urea groups is 1. The van der Waals surface area contributed by atoms with Crippen molar-refractivity contribution in [2.45, 2.75) is 13.5 Å². The van der Waals surface area contributed by atoms with Gasteiger partial charge in [0, 0.05) is 11.4 Å². The van der Waals surface area contributed by atoms with Crippen molar-refractivity contribution in [2.75, 3.05) is 10.6 Å². The average Bonchev–Trinajstić information content (AvgIpc) is 3.43. The van der Waals surface area contributed by atoms with Crippen LogP contribution in [0.5, 0.6) is 0 Å². The molecule has 0 radical (unpaired) electrons. The lowest BCUT2D eigenvalue weighted by Crippen LogP contribution is -2.19. The summed E-state index contributed by atoms with van der Waals surface area (Å²) >= 11 is 0. The molecule has 2 aromatic rings. The fraction of sp³-hybridized carbons (Fsp3) is 0.118. The molecule has 6 heteroatoms. The number of nitrogens with one attached hydrogen (secondary N) is 2. The van der Waals surface area contributed by atoms with Gasteiger partial charge in [0.15, 0.2) is 5.82 Å². The number of hydrogen-bond acceptors (Lipinski definition) is 2. The van der Waals surface area contributed by atoms with E-state index in [1.54, 1.807) is 0 Å². The highest BCUT2D eigenvalue weighted by Crippen LogP contribution is 2.41. The maximum absolute atomic E-state index is 12.0. The van der Waals surface area contributed by atoms with Gasteiger partial charge < -0.3 is 15.7 Å². The van der Waals surface area contributed by atoms with E-state index >= 15 is 0 Å². The molecule has 2 amide bonds. The van der Waals surface area contributed by atoms with E-state index < -0.39 is 0 Å². The SMILES string of the molecule is Cc1ccccc1NC(=O)Nc1ccc(-n2c3c(CO)n2-3)cc1. The Morgan fingerprint density at radius 1 is 1.04 bits per heavy atom. The van der Waals surface area contributed by atoms with Gasteiger partial charge in [-0.25, -0.2) is 14.2 Å². The van der Waals surface area contributed by atoms with Gasteiger partial charge in [-0.1, -0.05) is 18.2 Å². The van der Waals surface area contributed by atoms with E-state index in [2.05, 4.69) is 10.6 Å². The Labute approximate surface area is 132 Å². The normalized spacial score (nSPS) is 11.4. The number of para-hydroxylation sites is 1. The molecule has 0 spiro atoms. The number of amides is 2. The first kappa shape index (κ1) is 13.7. The minimum absolute atomic E-state index is 0.0878. The van der Waals surface area contributed by atoms with E-state index in [1.807, 2.05) is 64.8 Å². The predicted molar refractivity (Wildman–Crippen MR) is 88.4 cm³/mol. The largest absolute Gasteiger partial charge is 0.390 e. The van der Waals surface area contributed by atoms with Crippen molar-refractivity contribution in [3.8, 4) is 11.5 Å². The third kappa shape index (κ3) is 2.39. The summed E-state index contributed by atoms with van der Waals surface area (Å²) < 4.78 is 3.95. The Balaban J connectivity index is 1.40. The Morgan fingerprint density at radius 3 is 2.39 bits per heavy atom. The van der Waals surface area contributed by atoms with Gasteiger partial charge in [0.1, 0.15) is 5.69 Å². The molecule has 116 valence electrons. The van der Waals surface area contributed by atoms with Crippen molar-refractivity contribution in [1.82, 2.24) is 9.36 Å². The van der Waals surface area contributed by atoms with Crippen LogP contribution in [0.15, 0.2) is 48.5 Å². The molecule has 0 bridgehead atoms. The molecule has 0 aliphatic carbocycles. The zero-order valence-corrected chi connectivity index (χ0v) is 12.6. The molecule has 0 atom stereocenters. The molecule has 0 unspecified atom stereocenters. The second kappa shape index (κ2) is 5.03. The maximum Gasteiger partial charge on any atom is 0.323 e. The number of carbonyl (C=O) groups excluding carboxylic acids is 1. The zero-order chi connectivity index (χ0) is 16.0. The molecule has 3 N–H and O–H groups in total. The Bertz CT molecular complexity index is 872. The van der Waals surface area contributed by atoms with Crippen molar-refractivity contribution >= 4 is 17.4 Å². The highest BCUT2D eigenvalue weighted by atomic mass is 16.3. The molecular formula is C17H16N4O2. The van der Waals surface area contributed by atoms with Gasteiger partial charge >= 0.3 is 6.03 Å². The molecule has 23 heavy (non-hydrogen) atoms. The number of rotatable bonds is 4. The van der Waals surface area contributed by atoms with Crippen LogP contribution < -0.4 is 10.6 Å². The molecule has 0 saturated carbocycles. The second-order valence-electron chi connectivity index (χ2n) is 5.49. The highest BCUT2D eigenvalue weighted by Gasteiger charge is 2.40. The van der Waals surface area contributed by atoms with E-state index in [4.69, 9.17) is 5.11 Å². The summed E-state index contributed by atoms with van der Waals surface area (Å²) in [5.74, 6) is 1.07. The van der Waals surface area contributed by atoms with Gasteiger partial charge in [-0.2, -0.15) is 0 Å². The second-order valence-corrected chi connectivity index (χ2v) is 5.49. The topological polar surface area (TPSA) is 71.2 Å². The lowest BCUT2D eigenvalue weighted by atomic mass is 10.2. The molecule has 2 aromatic carbocycles. The molecule has 4 rings (SSSR count). The number of aryl methyl sites for hydroxylation is 1. The molecule has 6 nitrogen and oxygen atoms in total. The van der Waals surface area contributed by atoms with Crippen LogP contribution in [-0.4, -0.2) is 20.5 Å². The van der Waals surface area contributed by atoms with E-state index in [9.17, 15) is 4.79 Å². The molecule has 0 saturated heterocycles. The average molecular weight is 308 g/mol. The van der Waals surface area contributed by atoms with Gasteiger partial charge in [-0.05, 0) is 42.8 Å². The van der Waals surface area contributed by atoms with Crippen LogP contribution in [0, 0.1) is 6.92 Å². The van der Waals surface area contributed by atoms with Crippen LogP contribution in [0.25, 0.3) is 11.5 Å². The van der Waals surface area contributed by atoms with Crippen LogP contribution in [0.3, 0.4) is 0 Å². The first-order chi connectivity index (χ1) is 11.2. The third-order valence-corrected chi connectivity index (χ3v) is 3.94. The van der Waals surface area contributed by atoms with E-state index in [0.29, 0.717) is 0 Å². The summed E-state index contributed by atoms with van der Waals surface area (Å²) in [6.07, 6.45) is 0. The van der Waals surface area contributed by atoms with Crippen LogP contribution in [0.4, 0.5) is 16.2 Å². The minimum atomic E-state index is -0.268. The van der Waals surface area contributed by atoms with Crippen LogP contribution in [0.1, 0.15) is 11.3 Å². The summed E-state index contributed by atoms with van der Waals surface area (Å²) in [6.45, 7) is 2.04. The number of aromatic nitrogens is 2. The van der Waals surface area contributed by atoms with Crippen molar-refractivity contribution in [3.63, 3.8) is 0 Å². The van der Waals surface area contributed by atoms with Crippen LogP contribution in [0.2, 0.25) is 0 Å². The molecular weight excluding hydrogens is 292 g/mol. The lowest BCUT2D eigenvalue weighted by molar-refractivity contribution is 0.262. The summed E-state index contributed by atoms with van der Waals surface area (Å²) in [4.78, 5) is 12.0. The van der Waals surface area contributed by atoms with E-state index in [0.717, 1.165) is 34.1 Å². The number of anilines is 2. The first-order valence-corrected chi connectivity index (χ1v) is 7.37. The summed E-state index contributed by atoms with van der Waals surface area (Å²) in [5.41, 5.74) is 4.52. The Hall–Kier alpha value is -2.99. The van der Waals surface area contributed by atoms with Gasteiger partial charge in [0.2, 0.25) is 0 Å². The minimum Gasteiger partial charge on any atom is -0.390 e. The number of hydrogen-bond donors (Lipinski definition) is 3. The van der Waals surface area contributed by atoms with Crippen molar-refractivity contribution in [3.05, 3.63) is 59.8 Å².